The van der Waals surface area contributed by atoms with Crippen LogP contribution in [0, 0.1) is 5.92 Å². The normalized spacial score (nSPS) is 14.6. The minimum absolute atomic E-state index is 0.228. The first-order valence-electron chi connectivity index (χ1n) is 13.0. The summed E-state index contributed by atoms with van der Waals surface area (Å²) in [5, 5.41) is 8.69. The minimum Gasteiger partial charge on any atom is -0.340 e. The molecule has 1 saturated carbocycles. The fraction of sp³-hybridized carbons (Fsp3) is 0.414. The molecule has 7 nitrogen and oxygen atoms in total. The molecule has 0 radical (unpaired) electrons. The molecule has 0 atom stereocenters. The first kappa shape index (κ1) is 24.1. The Kier molecular flexibility index (Phi) is 6.81. The van der Waals surface area contributed by atoms with Crippen LogP contribution in [-0.4, -0.2) is 18.9 Å². The number of rotatable bonds is 7. The van der Waals surface area contributed by atoms with Crippen molar-refractivity contribution in [2.75, 3.05) is 5.32 Å². The van der Waals surface area contributed by atoms with Crippen LogP contribution in [0.3, 0.4) is 0 Å². The van der Waals surface area contributed by atoms with Gasteiger partial charge in [0.25, 0.3) is 5.56 Å². The Balaban J connectivity index is 1.60. The molecule has 0 saturated heterocycles. The van der Waals surface area contributed by atoms with Crippen molar-refractivity contribution in [2.45, 2.75) is 65.0 Å². The highest BCUT2D eigenvalue weighted by molar-refractivity contribution is 5.89. The summed E-state index contributed by atoms with van der Waals surface area (Å²) in [5.74, 6) is 1.49. The van der Waals surface area contributed by atoms with Gasteiger partial charge < -0.3 is 5.32 Å². The van der Waals surface area contributed by atoms with Gasteiger partial charge in [-0.2, -0.15) is 5.10 Å². The number of hydrogen-bond acceptors (Lipinski definition) is 4. The molecular formula is C29H35N5O2. The largest absolute Gasteiger partial charge is 0.340 e. The molecule has 1 aliphatic rings. The van der Waals surface area contributed by atoms with E-state index in [0.717, 1.165) is 11.3 Å². The Hall–Kier alpha value is -3.61. The van der Waals surface area contributed by atoms with E-state index >= 15 is 0 Å². The van der Waals surface area contributed by atoms with Crippen molar-refractivity contribution in [3.63, 3.8) is 0 Å². The molecule has 0 amide bonds. The molecule has 1 aliphatic carbocycles. The summed E-state index contributed by atoms with van der Waals surface area (Å²) in [4.78, 5) is 26.4. The minimum atomic E-state index is -0.340. The second-order valence-corrected chi connectivity index (χ2v) is 10.4. The van der Waals surface area contributed by atoms with Gasteiger partial charge in [-0.05, 0) is 47.9 Å². The lowest BCUT2D eigenvalue weighted by molar-refractivity contribution is 0.443. The van der Waals surface area contributed by atoms with Crippen LogP contribution in [0.1, 0.15) is 63.0 Å². The lowest BCUT2D eigenvalue weighted by Crippen LogP contribution is -2.38. The Labute approximate surface area is 211 Å². The molecular weight excluding hydrogens is 450 g/mol. The van der Waals surface area contributed by atoms with Gasteiger partial charge in [-0.15, -0.1) is 0 Å². The summed E-state index contributed by atoms with van der Waals surface area (Å²) < 4.78 is 4.64. The van der Waals surface area contributed by atoms with E-state index in [2.05, 4.69) is 43.4 Å². The number of benzene rings is 2. The summed E-state index contributed by atoms with van der Waals surface area (Å²) in [6.45, 7) is 5.09. The Morgan fingerprint density at radius 1 is 0.972 bits per heavy atom. The Morgan fingerprint density at radius 3 is 2.33 bits per heavy atom. The predicted molar refractivity (Wildman–Crippen MR) is 145 cm³/mol. The van der Waals surface area contributed by atoms with E-state index < -0.39 is 0 Å². The SMILES string of the molecule is CC(C)Cn1c(=O)n(C)c(=O)c2c(Nc3ccccc3)n(Cc3ccc(C4CCCCC4)cc3)nc21. The van der Waals surface area contributed by atoms with Crippen LogP contribution in [0.5, 0.6) is 0 Å². The molecule has 1 fully saturated rings. The highest BCUT2D eigenvalue weighted by Crippen LogP contribution is 2.33. The van der Waals surface area contributed by atoms with Crippen LogP contribution in [-0.2, 0) is 20.1 Å². The van der Waals surface area contributed by atoms with Gasteiger partial charge in [0, 0.05) is 19.3 Å². The van der Waals surface area contributed by atoms with Crippen molar-refractivity contribution >= 4 is 22.5 Å². The highest BCUT2D eigenvalue weighted by atomic mass is 16.2. The zero-order valence-electron chi connectivity index (χ0n) is 21.4. The molecule has 2 heterocycles. The first-order valence-corrected chi connectivity index (χ1v) is 13.0. The monoisotopic (exact) mass is 485 g/mol. The van der Waals surface area contributed by atoms with Crippen molar-refractivity contribution < 1.29 is 0 Å². The van der Waals surface area contributed by atoms with E-state index in [1.807, 2.05) is 35.0 Å². The van der Waals surface area contributed by atoms with Crippen LogP contribution in [0.4, 0.5) is 11.5 Å². The molecule has 0 bridgehead atoms. The van der Waals surface area contributed by atoms with Gasteiger partial charge in [-0.25, -0.2) is 9.48 Å². The average molecular weight is 486 g/mol. The van der Waals surface area contributed by atoms with E-state index in [1.165, 1.54) is 49.3 Å². The van der Waals surface area contributed by atoms with Gasteiger partial charge in [0.2, 0.25) is 0 Å². The van der Waals surface area contributed by atoms with E-state index in [0.29, 0.717) is 35.9 Å². The van der Waals surface area contributed by atoms with Crippen LogP contribution in [0.25, 0.3) is 11.0 Å². The van der Waals surface area contributed by atoms with Crippen LogP contribution in [0.15, 0.2) is 64.2 Å². The number of nitrogens with one attached hydrogen (secondary N) is 1. The van der Waals surface area contributed by atoms with E-state index in [-0.39, 0.29) is 17.2 Å². The molecule has 2 aromatic carbocycles. The van der Waals surface area contributed by atoms with E-state index in [9.17, 15) is 9.59 Å². The van der Waals surface area contributed by atoms with Crippen molar-refractivity contribution in [1.82, 2.24) is 18.9 Å². The number of hydrogen-bond donors (Lipinski definition) is 1. The number of fused-ring (bicyclic) bond motifs is 1. The lowest BCUT2D eigenvalue weighted by Gasteiger charge is -2.22. The van der Waals surface area contributed by atoms with Gasteiger partial charge in [-0.1, -0.05) is 75.6 Å². The highest BCUT2D eigenvalue weighted by Gasteiger charge is 2.22. The van der Waals surface area contributed by atoms with Gasteiger partial charge in [0.1, 0.15) is 11.2 Å². The maximum atomic E-state index is 13.3. The predicted octanol–water partition coefficient (Wildman–Crippen LogP) is 5.39. The van der Waals surface area contributed by atoms with Crippen LogP contribution < -0.4 is 16.6 Å². The lowest BCUT2D eigenvalue weighted by atomic mass is 9.84. The molecule has 36 heavy (non-hydrogen) atoms. The van der Waals surface area contributed by atoms with E-state index in [4.69, 9.17) is 5.10 Å². The second kappa shape index (κ2) is 10.2. The summed E-state index contributed by atoms with van der Waals surface area (Å²) in [5.41, 5.74) is 3.12. The fourth-order valence-electron chi connectivity index (χ4n) is 5.29. The van der Waals surface area contributed by atoms with Crippen molar-refractivity contribution in [1.29, 1.82) is 0 Å². The zero-order valence-corrected chi connectivity index (χ0v) is 21.4. The molecule has 0 spiro atoms. The molecule has 0 unspecified atom stereocenters. The van der Waals surface area contributed by atoms with Crippen LogP contribution in [0.2, 0.25) is 0 Å². The van der Waals surface area contributed by atoms with Crippen molar-refractivity contribution in [3.05, 3.63) is 86.6 Å². The molecule has 4 aromatic rings. The molecule has 5 rings (SSSR count). The third-order valence-electron chi connectivity index (χ3n) is 7.20. The maximum absolute atomic E-state index is 13.3. The summed E-state index contributed by atoms with van der Waals surface area (Å²) >= 11 is 0. The smallest absolute Gasteiger partial charge is 0.332 e. The second-order valence-electron chi connectivity index (χ2n) is 10.4. The Bertz CT molecular complexity index is 1460. The third kappa shape index (κ3) is 4.74. The van der Waals surface area contributed by atoms with Gasteiger partial charge >= 0.3 is 5.69 Å². The first-order chi connectivity index (χ1) is 17.4. The number of anilines is 2. The summed E-state index contributed by atoms with van der Waals surface area (Å²) in [6.07, 6.45) is 6.51. The molecule has 1 N–H and O–H groups in total. The van der Waals surface area contributed by atoms with Crippen molar-refractivity contribution in [3.8, 4) is 0 Å². The number of nitrogens with zero attached hydrogens (tertiary/aromatic N) is 4. The fourth-order valence-corrected chi connectivity index (χ4v) is 5.29. The molecule has 7 heteroatoms. The molecule has 0 aliphatic heterocycles. The topological polar surface area (TPSA) is 73.8 Å². The van der Waals surface area contributed by atoms with Crippen molar-refractivity contribution in [2.24, 2.45) is 13.0 Å². The van der Waals surface area contributed by atoms with Gasteiger partial charge in [0.15, 0.2) is 5.65 Å². The van der Waals surface area contributed by atoms with Gasteiger partial charge in [-0.3, -0.25) is 13.9 Å². The molecule has 188 valence electrons. The third-order valence-corrected chi connectivity index (χ3v) is 7.20. The number of para-hydroxylation sites is 1. The quantitative estimate of drug-likeness (QED) is 0.381. The average Bonchev–Trinajstić information content (AvgIpc) is 3.24. The van der Waals surface area contributed by atoms with Crippen LogP contribution >= 0.6 is 0 Å². The summed E-state index contributed by atoms with van der Waals surface area (Å²) in [7, 11) is 1.54. The standard InChI is InChI=1S/C29H35N5O2/c1-20(2)18-33-27-25(28(35)32(3)29(33)36)26(30-24-12-8-5-9-13-24)34(31-27)19-21-14-16-23(17-15-21)22-10-6-4-7-11-22/h5,8-9,12-17,20,22,30H,4,6-7,10-11,18-19H2,1-3H3. The van der Waals surface area contributed by atoms with E-state index in [1.54, 1.807) is 4.57 Å². The number of aromatic nitrogens is 4. The maximum Gasteiger partial charge on any atom is 0.332 e. The van der Waals surface area contributed by atoms with Gasteiger partial charge in [0.05, 0.1) is 6.54 Å². The zero-order chi connectivity index (χ0) is 25.2. The summed E-state index contributed by atoms with van der Waals surface area (Å²) in [6, 6.07) is 18.6. The Morgan fingerprint density at radius 2 is 1.67 bits per heavy atom. The molecule has 2 aromatic heterocycles.